The normalized spacial score (nSPS) is 13.4. The SMILES string of the molecule is CCC[CH2][Sn]([CH2]CCC)([CH2]CCC)[c]1cc(CC(N)CN)[nH]n1. The number of nitrogens with zero attached hydrogens (tertiary/aromatic N) is 1. The molecule has 5 N–H and O–H groups in total. The van der Waals surface area contributed by atoms with Gasteiger partial charge >= 0.3 is 147 Å². The molecule has 0 aromatic carbocycles. The summed E-state index contributed by atoms with van der Waals surface area (Å²) in [7, 11) is 0. The van der Waals surface area contributed by atoms with Crippen LogP contribution in [0, 0.1) is 0 Å². The monoisotopic (exact) mass is 430 g/mol. The summed E-state index contributed by atoms with van der Waals surface area (Å²) in [6.07, 6.45) is 8.82. The Morgan fingerprint density at radius 1 is 1.04 bits per heavy atom. The van der Waals surface area contributed by atoms with Crippen LogP contribution in [0.1, 0.15) is 65.0 Å². The van der Waals surface area contributed by atoms with Crippen LogP contribution in [-0.4, -0.2) is 41.2 Å². The molecule has 0 radical (unpaired) electrons. The molecule has 134 valence electrons. The summed E-state index contributed by atoms with van der Waals surface area (Å²) in [6.45, 7) is 7.47. The van der Waals surface area contributed by atoms with Gasteiger partial charge in [-0.05, 0) is 0 Å². The average molecular weight is 429 g/mol. The van der Waals surface area contributed by atoms with E-state index in [0.29, 0.717) is 6.54 Å². The second-order valence-corrected chi connectivity index (χ2v) is 20.1. The predicted molar refractivity (Wildman–Crippen MR) is 104 cm³/mol. The molecule has 1 atom stereocenters. The summed E-state index contributed by atoms with van der Waals surface area (Å²) >= 11 is -2.37. The van der Waals surface area contributed by atoms with Crippen LogP contribution in [0.15, 0.2) is 6.07 Å². The Kier molecular flexibility index (Phi) is 10.5. The maximum atomic E-state index is 6.01. The first kappa shape index (κ1) is 21.0. The van der Waals surface area contributed by atoms with E-state index in [1.807, 2.05) is 0 Å². The van der Waals surface area contributed by atoms with Crippen LogP contribution < -0.4 is 15.2 Å². The van der Waals surface area contributed by atoms with Gasteiger partial charge in [-0.2, -0.15) is 0 Å². The van der Waals surface area contributed by atoms with E-state index in [9.17, 15) is 0 Å². The fourth-order valence-corrected chi connectivity index (χ4v) is 18.8. The van der Waals surface area contributed by atoms with Crippen LogP contribution in [0.4, 0.5) is 0 Å². The second-order valence-electron chi connectivity index (χ2n) is 7.07. The van der Waals surface area contributed by atoms with Crippen LogP contribution in [0.2, 0.25) is 13.3 Å². The molecule has 0 saturated carbocycles. The van der Waals surface area contributed by atoms with Crippen molar-refractivity contribution in [2.24, 2.45) is 11.5 Å². The van der Waals surface area contributed by atoms with Gasteiger partial charge in [-0.25, -0.2) is 0 Å². The Labute approximate surface area is 147 Å². The summed E-state index contributed by atoms with van der Waals surface area (Å²) in [6, 6.07) is 2.39. The number of hydrogen-bond acceptors (Lipinski definition) is 3. The molecule has 4 nitrogen and oxygen atoms in total. The van der Waals surface area contributed by atoms with E-state index >= 15 is 0 Å². The fourth-order valence-electron chi connectivity index (χ4n) is 3.41. The van der Waals surface area contributed by atoms with Crippen molar-refractivity contribution in [2.45, 2.75) is 85.1 Å². The van der Waals surface area contributed by atoms with Crippen LogP contribution in [0.5, 0.6) is 0 Å². The number of nitrogens with two attached hydrogens (primary N) is 2. The third-order valence-electron chi connectivity index (χ3n) is 4.99. The zero-order valence-corrected chi connectivity index (χ0v) is 18.4. The molecular formula is C18H38N4Sn. The Balaban J connectivity index is 2.98. The molecule has 0 amide bonds. The second kappa shape index (κ2) is 11.5. The number of H-pyrrole nitrogens is 1. The van der Waals surface area contributed by atoms with Gasteiger partial charge in [0.15, 0.2) is 0 Å². The first-order chi connectivity index (χ1) is 11.1. The van der Waals surface area contributed by atoms with Gasteiger partial charge in [-0.3, -0.25) is 0 Å². The van der Waals surface area contributed by atoms with E-state index in [-0.39, 0.29) is 6.04 Å². The van der Waals surface area contributed by atoms with E-state index < -0.39 is 18.4 Å². The van der Waals surface area contributed by atoms with Crippen molar-refractivity contribution in [2.75, 3.05) is 6.54 Å². The van der Waals surface area contributed by atoms with Gasteiger partial charge in [0.25, 0.3) is 0 Å². The van der Waals surface area contributed by atoms with E-state index in [1.165, 1.54) is 61.2 Å². The molecule has 23 heavy (non-hydrogen) atoms. The van der Waals surface area contributed by atoms with Crippen molar-refractivity contribution in [3.8, 4) is 0 Å². The summed E-state index contributed by atoms with van der Waals surface area (Å²) in [4.78, 5) is 0. The molecule has 5 heteroatoms. The average Bonchev–Trinajstić information content (AvgIpc) is 3.03. The number of rotatable bonds is 13. The first-order valence-electron chi connectivity index (χ1n) is 9.62. The summed E-state index contributed by atoms with van der Waals surface area (Å²) in [5.41, 5.74) is 12.9. The summed E-state index contributed by atoms with van der Waals surface area (Å²) in [5.74, 6) is 0. The predicted octanol–water partition coefficient (Wildman–Crippen LogP) is 3.29. The molecule has 1 rings (SSSR count). The zero-order valence-electron chi connectivity index (χ0n) is 15.5. The van der Waals surface area contributed by atoms with Crippen LogP contribution in [0.25, 0.3) is 0 Å². The van der Waals surface area contributed by atoms with Crippen molar-refractivity contribution in [1.29, 1.82) is 0 Å². The summed E-state index contributed by atoms with van der Waals surface area (Å²) < 4.78 is 5.84. The van der Waals surface area contributed by atoms with E-state index in [4.69, 9.17) is 16.6 Å². The Bertz CT molecular complexity index is 397. The molecule has 0 fully saturated rings. The molecule has 1 aromatic rings. The third kappa shape index (κ3) is 6.75. The Hall–Kier alpha value is -0.0713. The van der Waals surface area contributed by atoms with Gasteiger partial charge in [0, 0.05) is 0 Å². The molecule has 1 unspecified atom stereocenters. The number of hydrogen-bond donors (Lipinski definition) is 3. The van der Waals surface area contributed by atoms with Crippen molar-refractivity contribution >= 4 is 22.1 Å². The minimum atomic E-state index is -2.37. The standard InChI is InChI=1S/C6H11N4.3C4H9.Sn/c7-4-5(8)3-6-1-2-9-10-6;3*1-3-4-2;/h1,5H,3-4,7-8H2,(H,9,10);3*1,3-4H2,2H3;. The van der Waals surface area contributed by atoms with Crippen molar-refractivity contribution in [3.63, 3.8) is 0 Å². The molecule has 0 aliphatic heterocycles. The van der Waals surface area contributed by atoms with E-state index in [0.717, 1.165) is 6.42 Å². The number of aromatic amines is 1. The fraction of sp³-hybridized carbons (Fsp3) is 0.833. The molecule has 1 heterocycles. The topological polar surface area (TPSA) is 80.7 Å². The third-order valence-corrected chi connectivity index (χ3v) is 20.0. The number of aromatic nitrogens is 2. The molecule has 0 saturated heterocycles. The van der Waals surface area contributed by atoms with E-state index in [1.54, 1.807) is 0 Å². The van der Waals surface area contributed by atoms with Crippen LogP contribution in [-0.2, 0) is 6.42 Å². The van der Waals surface area contributed by atoms with E-state index in [2.05, 4.69) is 31.9 Å². The quantitative estimate of drug-likeness (QED) is 0.421. The Morgan fingerprint density at radius 3 is 2.00 bits per heavy atom. The van der Waals surface area contributed by atoms with Crippen LogP contribution in [0.3, 0.4) is 0 Å². The number of nitrogens with one attached hydrogen (secondary N) is 1. The number of unbranched alkanes of at least 4 members (excludes halogenated alkanes) is 3. The van der Waals surface area contributed by atoms with Gasteiger partial charge in [0.1, 0.15) is 0 Å². The Morgan fingerprint density at radius 2 is 1.57 bits per heavy atom. The van der Waals surface area contributed by atoms with Gasteiger partial charge in [0.2, 0.25) is 0 Å². The molecule has 1 aromatic heterocycles. The van der Waals surface area contributed by atoms with Gasteiger partial charge < -0.3 is 0 Å². The van der Waals surface area contributed by atoms with Crippen LogP contribution >= 0.6 is 0 Å². The molecule has 0 aliphatic rings. The first-order valence-corrected chi connectivity index (χ1v) is 17.1. The van der Waals surface area contributed by atoms with Crippen molar-refractivity contribution in [3.05, 3.63) is 11.8 Å². The molecule has 0 bridgehead atoms. The minimum absolute atomic E-state index is 0.0369. The van der Waals surface area contributed by atoms with Gasteiger partial charge in [-0.15, -0.1) is 0 Å². The zero-order chi connectivity index (χ0) is 17.1. The summed E-state index contributed by atoms with van der Waals surface area (Å²) in [5, 5.41) is 8.08. The molecular weight excluding hydrogens is 391 g/mol. The maximum absolute atomic E-state index is 6.01. The van der Waals surface area contributed by atoms with Gasteiger partial charge in [-0.1, -0.05) is 0 Å². The molecule has 0 aliphatic carbocycles. The van der Waals surface area contributed by atoms with Gasteiger partial charge in [0.05, 0.1) is 0 Å². The van der Waals surface area contributed by atoms with Crippen molar-refractivity contribution in [1.82, 2.24) is 10.2 Å². The van der Waals surface area contributed by atoms with Crippen molar-refractivity contribution < 1.29 is 0 Å². The molecule has 0 spiro atoms.